The van der Waals surface area contributed by atoms with Crippen LogP contribution in [0.4, 0.5) is 11.4 Å². The number of hydrogen-bond acceptors (Lipinski definition) is 5. The van der Waals surface area contributed by atoms with E-state index in [1.54, 1.807) is 47.4 Å². The lowest BCUT2D eigenvalue weighted by molar-refractivity contribution is -0.121. The van der Waals surface area contributed by atoms with E-state index in [4.69, 9.17) is 25.8 Å². The fourth-order valence-corrected chi connectivity index (χ4v) is 3.80. The van der Waals surface area contributed by atoms with Gasteiger partial charge in [-0.05, 0) is 79.9 Å². The lowest BCUT2D eigenvalue weighted by Crippen LogP contribution is -2.39. The molecule has 3 aromatic rings. The lowest BCUT2D eigenvalue weighted by atomic mass is 10.1. The molecule has 0 saturated carbocycles. The number of nitrogens with one attached hydrogen (secondary N) is 1. The summed E-state index contributed by atoms with van der Waals surface area (Å²) in [7, 11) is 0. The molecule has 2 amide bonds. The second-order valence-electron chi connectivity index (χ2n) is 8.28. The smallest absolute Gasteiger partial charge is 0.265 e. The third kappa shape index (κ3) is 6.45. The zero-order chi connectivity index (χ0) is 24.8. The van der Waals surface area contributed by atoms with Gasteiger partial charge in [-0.25, -0.2) is 0 Å². The minimum atomic E-state index is -0.295. The highest BCUT2D eigenvalue weighted by Gasteiger charge is 2.25. The van der Waals surface area contributed by atoms with Gasteiger partial charge in [-0.3, -0.25) is 9.59 Å². The fraction of sp³-hybridized carbons (Fsp3) is 0.259. The normalized spacial score (nSPS) is 12.5. The Kier molecular flexibility index (Phi) is 7.77. The molecule has 7 nitrogen and oxygen atoms in total. The Morgan fingerprint density at radius 2 is 1.86 bits per heavy atom. The van der Waals surface area contributed by atoms with E-state index in [-0.39, 0.29) is 25.0 Å². The van der Waals surface area contributed by atoms with E-state index in [0.29, 0.717) is 47.5 Å². The fourth-order valence-electron chi connectivity index (χ4n) is 3.67. The molecular weight excluding hydrogens is 468 g/mol. The number of aryl methyl sites for hydroxylation is 2. The standard InChI is InChI=1S/C27H27ClN2O5/c1-18-4-5-19(2)25(14-18)34-16-26(31)29-21-8-11-24-23(15-21)30(27(32)17-35-24)12-3-13-33-22-9-6-20(28)7-10-22/h4-11,14-15H,3,12-13,16-17H2,1-2H3,(H,29,31). The van der Waals surface area contributed by atoms with Gasteiger partial charge in [-0.1, -0.05) is 23.7 Å². The predicted molar refractivity (Wildman–Crippen MR) is 136 cm³/mol. The second-order valence-corrected chi connectivity index (χ2v) is 8.71. The van der Waals surface area contributed by atoms with Crippen molar-refractivity contribution in [3.05, 3.63) is 76.8 Å². The molecule has 182 valence electrons. The zero-order valence-corrected chi connectivity index (χ0v) is 20.4. The maximum atomic E-state index is 12.5. The molecule has 35 heavy (non-hydrogen) atoms. The Morgan fingerprint density at radius 1 is 1.06 bits per heavy atom. The van der Waals surface area contributed by atoms with E-state index < -0.39 is 0 Å². The summed E-state index contributed by atoms with van der Waals surface area (Å²) in [5.41, 5.74) is 3.19. The third-order valence-corrected chi connectivity index (χ3v) is 5.75. The van der Waals surface area contributed by atoms with Gasteiger partial charge in [0, 0.05) is 17.3 Å². The number of fused-ring (bicyclic) bond motifs is 1. The summed E-state index contributed by atoms with van der Waals surface area (Å²) in [6.45, 7) is 4.65. The Balaban J connectivity index is 1.35. The lowest BCUT2D eigenvalue weighted by Gasteiger charge is -2.30. The van der Waals surface area contributed by atoms with Gasteiger partial charge in [0.15, 0.2) is 13.2 Å². The van der Waals surface area contributed by atoms with Gasteiger partial charge in [0.1, 0.15) is 17.2 Å². The number of halogens is 1. The van der Waals surface area contributed by atoms with E-state index >= 15 is 0 Å². The number of nitrogens with zero attached hydrogens (tertiary/aromatic N) is 1. The third-order valence-electron chi connectivity index (χ3n) is 5.50. The average molecular weight is 495 g/mol. The number of carbonyl (C=O) groups is 2. The number of rotatable bonds is 9. The maximum Gasteiger partial charge on any atom is 0.265 e. The SMILES string of the molecule is Cc1ccc(C)c(OCC(=O)Nc2ccc3c(c2)N(CCCOc2ccc(Cl)cc2)C(=O)CO3)c1. The summed E-state index contributed by atoms with van der Waals surface area (Å²) in [6, 6.07) is 18.2. The first-order chi connectivity index (χ1) is 16.9. The molecule has 0 radical (unpaired) electrons. The van der Waals surface area contributed by atoms with Crippen molar-refractivity contribution in [2.45, 2.75) is 20.3 Å². The molecule has 1 heterocycles. The Bertz CT molecular complexity index is 1210. The molecule has 0 atom stereocenters. The molecule has 1 aliphatic heterocycles. The van der Waals surface area contributed by atoms with Crippen LogP contribution in [-0.2, 0) is 9.59 Å². The molecule has 0 fully saturated rings. The minimum Gasteiger partial charge on any atom is -0.494 e. The summed E-state index contributed by atoms with van der Waals surface area (Å²) in [6.07, 6.45) is 0.619. The number of ether oxygens (including phenoxy) is 3. The molecule has 0 aromatic heterocycles. The average Bonchev–Trinajstić information content (AvgIpc) is 2.84. The Morgan fingerprint density at radius 3 is 2.66 bits per heavy atom. The number of carbonyl (C=O) groups excluding carboxylic acids is 2. The summed E-state index contributed by atoms with van der Waals surface area (Å²) in [5.74, 6) is 1.54. The molecule has 8 heteroatoms. The van der Waals surface area contributed by atoms with Gasteiger partial charge in [0.05, 0.1) is 12.3 Å². The van der Waals surface area contributed by atoms with Crippen LogP contribution in [0.1, 0.15) is 17.5 Å². The van der Waals surface area contributed by atoms with E-state index in [1.165, 1.54) is 0 Å². The first-order valence-corrected chi connectivity index (χ1v) is 11.7. The molecule has 0 saturated heterocycles. The van der Waals surface area contributed by atoms with Gasteiger partial charge in [-0.2, -0.15) is 0 Å². The molecule has 1 N–H and O–H groups in total. The number of anilines is 2. The van der Waals surface area contributed by atoms with Crippen LogP contribution in [0.15, 0.2) is 60.7 Å². The van der Waals surface area contributed by atoms with Crippen LogP contribution in [0.3, 0.4) is 0 Å². The predicted octanol–water partition coefficient (Wildman–Crippen LogP) is 5.17. The molecule has 1 aliphatic rings. The van der Waals surface area contributed by atoms with Crippen LogP contribution in [0.2, 0.25) is 5.02 Å². The van der Waals surface area contributed by atoms with Crippen molar-refractivity contribution in [1.29, 1.82) is 0 Å². The van der Waals surface area contributed by atoms with Gasteiger partial charge in [0.25, 0.3) is 11.8 Å². The number of benzene rings is 3. The molecule has 0 aliphatic carbocycles. The van der Waals surface area contributed by atoms with Gasteiger partial charge in [-0.15, -0.1) is 0 Å². The van der Waals surface area contributed by atoms with Gasteiger partial charge < -0.3 is 24.4 Å². The number of hydrogen-bond donors (Lipinski definition) is 1. The summed E-state index contributed by atoms with van der Waals surface area (Å²) in [4.78, 5) is 26.7. The minimum absolute atomic E-state index is 0.0274. The molecule has 0 unspecified atom stereocenters. The summed E-state index contributed by atoms with van der Waals surface area (Å²) >= 11 is 5.90. The van der Waals surface area contributed by atoms with Crippen LogP contribution < -0.4 is 24.4 Å². The van der Waals surface area contributed by atoms with E-state index in [1.807, 2.05) is 32.0 Å². The van der Waals surface area contributed by atoms with Crippen molar-refractivity contribution >= 4 is 34.8 Å². The van der Waals surface area contributed by atoms with Crippen molar-refractivity contribution in [1.82, 2.24) is 0 Å². The van der Waals surface area contributed by atoms with Crippen molar-refractivity contribution in [2.75, 3.05) is 36.6 Å². The van der Waals surface area contributed by atoms with E-state index in [0.717, 1.165) is 16.9 Å². The molecular formula is C27H27ClN2O5. The second kappa shape index (κ2) is 11.1. The largest absolute Gasteiger partial charge is 0.494 e. The van der Waals surface area contributed by atoms with Crippen molar-refractivity contribution in [3.63, 3.8) is 0 Å². The Labute approximate surface area is 209 Å². The number of amides is 2. The van der Waals surface area contributed by atoms with Crippen molar-refractivity contribution in [2.24, 2.45) is 0 Å². The molecule has 0 bridgehead atoms. The molecule has 3 aromatic carbocycles. The van der Waals surface area contributed by atoms with Crippen LogP contribution in [-0.4, -0.2) is 38.2 Å². The summed E-state index contributed by atoms with van der Waals surface area (Å²) < 4.78 is 17.0. The van der Waals surface area contributed by atoms with Gasteiger partial charge >= 0.3 is 0 Å². The van der Waals surface area contributed by atoms with Crippen molar-refractivity contribution in [3.8, 4) is 17.2 Å². The van der Waals surface area contributed by atoms with E-state index in [9.17, 15) is 9.59 Å². The van der Waals surface area contributed by atoms with Crippen molar-refractivity contribution < 1.29 is 23.8 Å². The zero-order valence-electron chi connectivity index (χ0n) is 19.7. The van der Waals surface area contributed by atoms with Crippen LogP contribution >= 0.6 is 11.6 Å². The maximum absolute atomic E-state index is 12.5. The van der Waals surface area contributed by atoms with Crippen LogP contribution in [0, 0.1) is 13.8 Å². The van der Waals surface area contributed by atoms with E-state index in [2.05, 4.69) is 5.32 Å². The topological polar surface area (TPSA) is 77.1 Å². The highest BCUT2D eigenvalue weighted by Crippen LogP contribution is 2.34. The molecule has 4 rings (SSSR count). The Hall–Kier alpha value is -3.71. The first-order valence-electron chi connectivity index (χ1n) is 11.3. The highest BCUT2D eigenvalue weighted by molar-refractivity contribution is 6.30. The monoisotopic (exact) mass is 494 g/mol. The van der Waals surface area contributed by atoms with Crippen LogP contribution in [0.5, 0.6) is 17.2 Å². The highest BCUT2D eigenvalue weighted by atomic mass is 35.5. The van der Waals surface area contributed by atoms with Gasteiger partial charge in [0.2, 0.25) is 0 Å². The first kappa shape index (κ1) is 24.4. The quantitative estimate of drug-likeness (QED) is 0.415. The summed E-state index contributed by atoms with van der Waals surface area (Å²) in [5, 5.41) is 3.48. The molecule has 0 spiro atoms. The van der Waals surface area contributed by atoms with Crippen LogP contribution in [0.25, 0.3) is 0 Å².